The van der Waals surface area contributed by atoms with Crippen molar-refractivity contribution in [1.29, 1.82) is 0 Å². The molecule has 0 amide bonds. The summed E-state index contributed by atoms with van der Waals surface area (Å²) in [5.74, 6) is 0.776. The maximum absolute atomic E-state index is 11.4. The van der Waals surface area contributed by atoms with Crippen molar-refractivity contribution in [1.82, 2.24) is 10.2 Å². The first kappa shape index (κ1) is 15.7. The van der Waals surface area contributed by atoms with Gasteiger partial charge < -0.3 is 5.32 Å². The molecule has 1 aromatic carbocycles. The first-order chi connectivity index (χ1) is 9.65. The van der Waals surface area contributed by atoms with Crippen molar-refractivity contribution in [3.8, 4) is 0 Å². The van der Waals surface area contributed by atoms with Crippen LogP contribution in [0.4, 0.5) is 0 Å². The molecule has 4 heteroatoms. The van der Waals surface area contributed by atoms with Gasteiger partial charge in [-0.25, -0.2) is 0 Å². The maximum atomic E-state index is 11.4. The third-order valence-corrected chi connectivity index (χ3v) is 4.89. The molecule has 1 saturated heterocycles. The van der Waals surface area contributed by atoms with Gasteiger partial charge in [0.15, 0.2) is 0 Å². The number of hydrogen-bond acceptors (Lipinski definition) is 3. The van der Waals surface area contributed by atoms with Crippen molar-refractivity contribution in [2.24, 2.45) is 0 Å². The van der Waals surface area contributed by atoms with Gasteiger partial charge in [-0.05, 0) is 38.4 Å². The SMILES string of the molecule is CC(CS(C)=O)N1CCCNC(Cc2ccccc2)C1. The lowest BCUT2D eigenvalue weighted by atomic mass is 10.1. The molecular weight excluding hydrogens is 268 g/mol. The molecule has 0 radical (unpaired) electrons. The van der Waals surface area contributed by atoms with E-state index in [1.54, 1.807) is 6.26 Å². The molecule has 0 saturated carbocycles. The second-order valence-electron chi connectivity index (χ2n) is 5.78. The Morgan fingerprint density at radius 2 is 2.15 bits per heavy atom. The number of benzene rings is 1. The molecule has 0 bridgehead atoms. The van der Waals surface area contributed by atoms with Crippen molar-refractivity contribution in [3.63, 3.8) is 0 Å². The van der Waals surface area contributed by atoms with E-state index in [4.69, 9.17) is 0 Å². The highest BCUT2D eigenvalue weighted by molar-refractivity contribution is 7.84. The monoisotopic (exact) mass is 294 g/mol. The van der Waals surface area contributed by atoms with Gasteiger partial charge in [-0.2, -0.15) is 0 Å². The molecule has 3 nitrogen and oxygen atoms in total. The highest BCUT2D eigenvalue weighted by Gasteiger charge is 2.22. The van der Waals surface area contributed by atoms with E-state index in [1.807, 2.05) is 0 Å². The van der Waals surface area contributed by atoms with Crippen LogP contribution in [0.5, 0.6) is 0 Å². The van der Waals surface area contributed by atoms with E-state index in [1.165, 1.54) is 12.0 Å². The fourth-order valence-corrected chi connectivity index (χ4v) is 3.80. The second-order valence-corrected chi connectivity index (χ2v) is 7.26. The molecule has 1 fully saturated rings. The molecule has 0 spiro atoms. The first-order valence-corrected chi connectivity index (χ1v) is 9.19. The van der Waals surface area contributed by atoms with E-state index >= 15 is 0 Å². The summed E-state index contributed by atoms with van der Waals surface area (Å²) in [7, 11) is -0.714. The number of nitrogens with zero attached hydrogens (tertiary/aromatic N) is 1. The third-order valence-electron chi connectivity index (χ3n) is 3.93. The summed E-state index contributed by atoms with van der Waals surface area (Å²) in [4.78, 5) is 2.50. The minimum atomic E-state index is -0.714. The summed E-state index contributed by atoms with van der Waals surface area (Å²) in [5, 5.41) is 3.65. The summed E-state index contributed by atoms with van der Waals surface area (Å²) < 4.78 is 11.4. The summed E-state index contributed by atoms with van der Waals surface area (Å²) in [5.41, 5.74) is 1.39. The first-order valence-electron chi connectivity index (χ1n) is 7.46. The Kier molecular flexibility index (Phi) is 6.20. The van der Waals surface area contributed by atoms with E-state index in [0.717, 1.165) is 31.8 Å². The topological polar surface area (TPSA) is 32.3 Å². The van der Waals surface area contributed by atoms with Gasteiger partial charge >= 0.3 is 0 Å². The lowest BCUT2D eigenvalue weighted by Gasteiger charge is -2.29. The summed E-state index contributed by atoms with van der Waals surface area (Å²) in [6, 6.07) is 11.6. The highest BCUT2D eigenvalue weighted by Crippen LogP contribution is 2.11. The Labute approximate surface area is 125 Å². The third kappa shape index (κ3) is 5.00. The molecule has 1 aromatic rings. The normalized spacial score (nSPS) is 24.0. The van der Waals surface area contributed by atoms with Gasteiger partial charge in [0.05, 0.1) is 0 Å². The largest absolute Gasteiger partial charge is 0.312 e. The van der Waals surface area contributed by atoms with E-state index in [9.17, 15) is 4.21 Å². The van der Waals surface area contributed by atoms with Crippen LogP contribution in [-0.4, -0.2) is 52.8 Å². The molecule has 112 valence electrons. The molecule has 1 aliphatic rings. The van der Waals surface area contributed by atoms with E-state index in [-0.39, 0.29) is 0 Å². The van der Waals surface area contributed by atoms with Gasteiger partial charge in [0, 0.05) is 41.4 Å². The molecule has 1 heterocycles. The van der Waals surface area contributed by atoms with Crippen LogP contribution in [0.15, 0.2) is 30.3 Å². The molecule has 0 aliphatic carbocycles. The van der Waals surface area contributed by atoms with E-state index in [0.29, 0.717) is 12.1 Å². The number of nitrogens with one attached hydrogen (secondary N) is 1. The zero-order chi connectivity index (χ0) is 14.4. The zero-order valence-corrected chi connectivity index (χ0v) is 13.4. The van der Waals surface area contributed by atoms with Gasteiger partial charge in [-0.1, -0.05) is 30.3 Å². The van der Waals surface area contributed by atoms with Crippen LogP contribution < -0.4 is 5.32 Å². The number of hydrogen-bond donors (Lipinski definition) is 1. The van der Waals surface area contributed by atoms with E-state index in [2.05, 4.69) is 47.5 Å². The molecule has 1 aliphatic heterocycles. The average molecular weight is 294 g/mol. The fourth-order valence-electron chi connectivity index (χ4n) is 2.91. The van der Waals surface area contributed by atoms with Gasteiger partial charge in [0.2, 0.25) is 0 Å². The van der Waals surface area contributed by atoms with Crippen LogP contribution in [0.25, 0.3) is 0 Å². The smallest absolute Gasteiger partial charge is 0.0385 e. The molecule has 3 atom stereocenters. The van der Waals surface area contributed by atoms with Gasteiger partial charge in [0.25, 0.3) is 0 Å². The highest BCUT2D eigenvalue weighted by atomic mass is 32.2. The van der Waals surface area contributed by atoms with Gasteiger partial charge in [0.1, 0.15) is 0 Å². The average Bonchev–Trinajstić information content (AvgIpc) is 2.65. The Morgan fingerprint density at radius 3 is 2.85 bits per heavy atom. The predicted molar refractivity (Wildman–Crippen MR) is 86.5 cm³/mol. The minimum Gasteiger partial charge on any atom is -0.312 e. The second kappa shape index (κ2) is 7.91. The maximum Gasteiger partial charge on any atom is 0.0385 e. The molecule has 3 unspecified atom stereocenters. The van der Waals surface area contributed by atoms with Crippen molar-refractivity contribution in [2.75, 3.05) is 31.6 Å². The molecule has 0 aromatic heterocycles. The van der Waals surface area contributed by atoms with Gasteiger partial charge in [-0.3, -0.25) is 9.11 Å². The zero-order valence-electron chi connectivity index (χ0n) is 12.5. The Morgan fingerprint density at radius 1 is 1.40 bits per heavy atom. The molecule has 20 heavy (non-hydrogen) atoms. The fraction of sp³-hybridized carbons (Fsp3) is 0.625. The van der Waals surface area contributed by atoms with Crippen molar-refractivity contribution < 1.29 is 4.21 Å². The molecule has 1 N–H and O–H groups in total. The van der Waals surface area contributed by atoms with Crippen molar-refractivity contribution in [2.45, 2.75) is 31.8 Å². The van der Waals surface area contributed by atoms with Crippen molar-refractivity contribution in [3.05, 3.63) is 35.9 Å². The lowest BCUT2D eigenvalue weighted by Crippen LogP contribution is -2.44. The quantitative estimate of drug-likeness (QED) is 0.896. The van der Waals surface area contributed by atoms with Crippen LogP contribution >= 0.6 is 0 Å². The Balaban J connectivity index is 1.94. The van der Waals surface area contributed by atoms with Crippen LogP contribution in [-0.2, 0) is 17.2 Å². The lowest BCUT2D eigenvalue weighted by molar-refractivity contribution is 0.219. The van der Waals surface area contributed by atoms with Gasteiger partial charge in [-0.15, -0.1) is 0 Å². The Hall–Kier alpha value is -0.710. The summed E-state index contributed by atoms with van der Waals surface area (Å²) in [6.45, 7) is 5.44. The van der Waals surface area contributed by atoms with Crippen LogP contribution in [0.2, 0.25) is 0 Å². The number of rotatable bonds is 5. The predicted octanol–water partition coefficient (Wildman–Crippen LogP) is 1.66. The molecule has 2 rings (SSSR count). The summed E-state index contributed by atoms with van der Waals surface area (Å²) in [6.07, 6.45) is 4.04. The summed E-state index contributed by atoms with van der Waals surface area (Å²) >= 11 is 0. The van der Waals surface area contributed by atoms with Crippen LogP contribution in [0, 0.1) is 0 Å². The minimum absolute atomic E-state index is 0.402. The van der Waals surface area contributed by atoms with E-state index < -0.39 is 10.8 Å². The van der Waals surface area contributed by atoms with Crippen LogP contribution in [0.1, 0.15) is 18.9 Å². The van der Waals surface area contributed by atoms with Crippen molar-refractivity contribution >= 4 is 10.8 Å². The molecular formula is C16H26N2OS. The van der Waals surface area contributed by atoms with Crippen LogP contribution in [0.3, 0.4) is 0 Å². The standard InChI is InChI=1S/C16H26N2OS/c1-14(13-20(2)19)18-10-6-9-17-16(12-18)11-15-7-4-3-5-8-15/h3-5,7-8,14,16-17H,6,9-13H2,1-2H3. The Bertz CT molecular complexity index is 424.